The van der Waals surface area contributed by atoms with Crippen LogP contribution < -0.4 is 5.73 Å². The summed E-state index contributed by atoms with van der Waals surface area (Å²) >= 11 is 1.85. The molecule has 0 fully saturated rings. The molecule has 1 aromatic rings. The quantitative estimate of drug-likeness (QED) is 0.749. The first-order chi connectivity index (χ1) is 5.38. The van der Waals surface area contributed by atoms with Crippen molar-refractivity contribution in [1.29, 1.82) is 0 Å². The maximum Gasteiger partial charge on any atom is 0.0138 e. The smallest absolute Gasteiger partial charge is 0.0138 e. The van der Waals surface area contributed by atoms with Gasteiger partial charge in [-0.15, -0.1) is 11.3 Å². The molecule has 0 atom stereocenters. The van der Waals surface area contributed by atoms with Crippen LogP contribution >= 0.6 is 11.3 Å². The van der Waals surface area contributed by atoms with E-state index >= 15 is 0 Å². The molecular formula is C10H17NS. The van der Waals surface area contributed by atoms with Gasteiger partial charge in [0.25, 0.3) is 0 Å². The molecule has 0 bridgehead atoms. The first-order valence-corrected chi connectivity index (χ1v) is 5.05. The van der Waals surface area contributed by atoms with Gasteiger partial charge < -0.3 is 5.73 Å². The van der Waals surface area contributed by atoms with Crippen molar-refractivity contribution >= 4 is 11.3 Å². The molecule has 2 N–H and O–H groups in total. The van der Waals surface area contributed by atoms with Crippen LogP contribution in [0.2, 0.25) is 0 Å². The Kier molecular flexibility index (Phi) is 2.59. The van der Waals surface area contributed by atoms with Gasteiger partial charge in [-0.25, -0.2) is 0 Å². The maximum atomic E-state index is 5.95. The third-order valence-electron chi connectivity index (χ3n) is 1.79. The molecule has 0 radical (unpaired) electrons. The molecule has 0 amide bonds. The zero-order valence-electron chi connectivity index (χ0n) is 8.27. The fourth-order valence-electron chi connectivity index (χ4n) is 1.35. The second kappa shape index (κ2) is 3.19. The topological polar surface area (TPSA) is 26.0 Å². The minimum absolute atomic E-state index is 0.0850. The number of hydrogen-bond donors (Lipinski definition) is 1. The van der Waals surface area contributed by atoms with Gasteiger partial charge in [0.1, 0.15) is 0 Å². The van der Waals surface area contributed by atoms with Crippen molar-refractivity contribution in [3.8, 4) is 0 Å². The molecule has 0 saturated carbocycles. The zero-order valence-corrected chi connectivity index (χ0v) is 9.09. The Morgan fingerprint density at radius 1 is 1.42 bits per heavy atom. The Morgan fingerprint density at radius 3 is 2.33 bits per heavy atom. The van der Waals surface area contributed by atoms with Gasteiger partial charge in [0.2, 0.25) is 0 Å². The number of aryl methyl sites for hydroxylation is 2. The molecule has 1 rings (SSSR count). The number of nitrogens with two attached hydrogens (primary N) is 1. The standard InChI is InChI=1S/C10H17NS/c1-7-5-9(8(2)12-7)6-10(3,4)11/h5H,6,11H2,1-4H3. The lowest BCUT2D eigenvalue weighted by Crippen LogP contribution is -2.34. The Bertz CT molecular complexity index is 268. The van der Waals surface area contributed by atoms with E-state index in [1.807, 2.05) is 11.3 Å². The summed E-state index contributed by atoms with van der Waals surface area (Å²) in [6.07, 6.45) is 0.975. The Hall–Kier alpha value is -0.340. The van der Waals surface area contributed by atoms with Gasteiger partial charge in [-0.1, -0.05) is 0 Å². The molecule has 1 aromatic heterocycles. The predicted molar refractivity (Wildman–Crippen MR) is 55.8 cm³/mol. The molecule has 0 unspecified atom stereocenters. The van der Waals surface area contributed by atoms with Gasteiger partial charge in [-0.2, -0.15) is 0 Å². The van der Waals surface area contributed by atoms with Gasteiger partial charge >= 0.3 is 0 Å². The van der Waals surface area contributed by atoms with E-state index in [1.54, 1.807) is 0 Å². The van der Waals surface area contributed by atoms with E-state index in [-0.39, 0.29) is 5.54 Å². The summed E-state index contributed by atoms with van der Waals surface area (Å²) in [5.41, 5.74) is 7.27. The Morgan fingerprint density at radius 2 is 2.00 bits per heavy atom. The van der Waals surface area contributed by atoms with Crippen molar-refractivity contribution in [3.63, 3.8) is 0 Å². The molecule has 0 aliphatic carbocycles. The van der Waals surface area contributed by atoms with Crippen LogP contribution in [-0.4, -0.2) is 5.54 Å². The lowest BCUT2D eigenvalue weighted by Gasteiger charge is -2.17. The molecule has 0 aliphatic rings. The highest BCUT2D eigenvalue weighted by Gasteiger charge is 2.14. The van der Waals surface area contributed by atoms with Crippen LogP contribution in [-0.2, 0) is 6.42 Å². The van der Waals surface area contributed by atoms with Gasteiger partial charge in [-0.3, -0.25) is 0 Å². The maximum absolute atomic E-state index is 5.95. The van der Waals surface area contributed by atoms with Crippen LogP contribution in [0.25, 0.3) is 0 Å². The molecule has 68 valence electrons. The van der Waals surface area contributed by atoms with E-state index in [9.17, 15) is 0 Å². The average Bonchev–Trinajstić information content (AvgIpc) is 2.06. The van der Waals surface area contributed by atoms with Crippen LogP contribution in [0.3, 0.4) is 0 Å². The highest BCUT2D eigenvalue weighted by Crippen LogP contribution is 2.23. The van der Waals surface area contributed by atoms with Crippen molar-refractivity contribution < 1.29 is 0 Å². The third-order valence-corrected chi connectivity index (χ3v) is 2.80. The van der Waals surface area contributed by atoms with E-state index in [1.165, 1.54) is 15.3 Å². The minimum atomic E-state index is -0.0850. The summed E-state index contributed by atoms with van der Waals surface area (Å²) in [5.74, 6) is 0. The van der Waals surface area contributed by atoms with Crippen LogP contribution in [0.1, 0.15) is 29.2 Å². The second-order valence-corrected chi connectivity index (χ2v) is 5.56. The second-order valence-electron chi connectivity index (χ2n) is 4.10. The molecular weight excluding hydrogens is 166 g/mol. The number of rotatable bonds is 2. The predicted octanol–water partition coefficient (Wildman–Crippen LogP) is 2.64. The van der Waals surface area contributed by atoms with Gasteiger partial charge in [0, 0.05) is 15.3 Å². The first-order valence-electron chi connectivity index (χ1n) is 4.23. The van der Waals surface area contributed by atoms with Gasteiger partial charge in [-0.05, 0) is 45.7 Å². The number of thiophene rings is 1. The SMILES string of the molecule is Cc1cc(CC(C)(C)N)c(C)s1. The summed E-state index contributed by atoms with van der Waals surface area (Å²) in [6.45, 7) is 8.45. The molecule has 12 heavy (non-hydrogen) atoms. The lowest BCUT2D eigenvalue weighted by atomic mass is 9.97. The van der Waals surface area contributed by atoms with Crippen LogP contribution in [0.5, 0.6) is 0 Å². The summed E-state index contributed by atoms with van der Waals surface area (Å²) in [4.78, 5) is 2.79. The number of hydrogen-bond acceptors (Lipinski definition) is 2. The van der Waals surface area contributed by atoms with Crippen molar-refractivity contribution in [1.82, 2.24) is 0 Å². The molecule has 0 aliphatic heterocycles. The minimum Gasteiger partial charge on any atom is -0.325 e. The first kappa shape index (κ1) is 9.75. The summed E-state index contributed by atoms with van der Waals surface area (Å²) in [5, 5.41) is 0. The Balaban J connectivity index is 2.82. The van der Waals surface area contributed by atoms with Crippen LogP contribution in [0.15, 0.2) is 6.07 Å². The van der Waals surface area contributed by atoms with Gasteiger partial charge in [0.15, 0.2) is 0 Å². The van der Waals surface area contributed by atoms with Crippen molar-refractivity contribution in [2.45, 2.75) is 39.7 Å². The highest BCUT2D eigenvalue weighted by atomic mass is 32.1. The summed E-state index contributed by atoms with van der Waals surface area (Å²) in [6, 6.07) is 2.24. The van der Waals surface area contributed by atoms with E-state index in [4.69, 9.17) is 5.73 Å². The van der Waals surface area contributed by atoms with E-state index in [0.29, 0.717) is 0 Å². The van der Waals surface area contributed by atoms with Crippen molar-refractivity contribution in [2.75, 3.05) is 0 Å². The highest BCUT2D eigenvalue weighted by molar-refractivity contribution is 7.12. The summed E-state index contributed by atoms with van der Waals surface area (Å²) < 4.78 is 0. The van der Waals surface area contributed by atoms with Crippen LogP contribution in [0.4, 0.5) is 0 Å². The average molecular weight is 183 g/mol. The molecule has 1 nitrogen and oxygen atoms in total. The normalized spacial score (nSPS) is 12.1. The van der Waals surface area contributed by atoms with E-state index < -0.39 is 0 Å². The molecule has 0 spiro atoms. The van der Waals surface area contributed by atoms with Crippen molar-refractivity contribution in [3.05, 3.63) is 21.4 Å². The fourth-order valence-corrected chi connectivity index (χ4v) is 2.30. The van der Waals surface area contributed by atoms with E-state index in [0.717, 1.165) is 6.42 Å². The fraction of sp³-hybridized carbons (Fsp3) is 0.600. The zero-order chi connectivity index (χ0) is 9.35. The monoisotopic (exact) mass is 183 g/mol. The molecule has 0 aromatic carbocycles. The lowest BCUT2D eigenvalue weighted by molar-refractivity contribution is 0.516. The largest absolute Gasteiger partial charge is 0.325 e. The van der Waals surface area contributed by atoms with Gasteiger partial charge in [0.05, 0.1) is 0 Å². The molecule has 0 saturated heterocycles. The molecule has 2 heteroatoms. The molecule has 1 heterocycles. The Labute approximate surface area is 78.6 Å². The third kappa shape index (κ3) is 2.61. The van der Waals surface area contributed by atoms with Crippen molar-refractivity contribution in [2.24, 2.45) is 5.73 Å². The van der Waals surface area contributed by atoms with E-state index in [2.05, 4.69) is 33.8 Å². The summed E-state index contributed by atoms with van der Waals surface area (Å²) in [7, 11) is 0. The van der Waals surface area contributed by atoms with Crippen LogP contribution in [0, 0.1) is 13.8 Å².